The molecule has 0 saturated carbocycles. The van der Waals surface area contributed by atoms with Crippen LogP contribution in [0.15, 0.2) is 24.5 Å². The monoisotopic (exact) mass is 307 g/mol. The first-order valence-corrected chi connectivity index (χ1v) is 6.22. The van der Waals surface area contributed by atoms with E-state index in [0.717, 1.165) is 12.3 Å². The Labute approximate surface area is 124 Å². The third kappa shape index (κ3) is 3.69. The van der Waals surface area contributed by atoms with Gasteiger partial charge in [0.05, 0.1) is 22.7 Å². The summed E-state index contributed by atoms with van der Waals surface area (Å²) in [6.07, 6.45) is 2.57. The fraction of sp³-hybridized carbons (Fsp3) is 0.167. The molecule has 0 fully saturated rings. The Kier molecular flexibility index (Phi) is 4.39. The second-order valence-electron chi connectivity index (χ2n) is 4.07. The van der Waals surface area contributed by atoms with Gasteiger partial charge in [-0.3, -0.25) is 14.9 Å². The first-order valence-electron chi connectivity index (χ1n) is 5.84. The van der Waals surface area contributed by atoms with Crippen molar-refractivity contribution in [2.45, 2.75) is 13.5 Å². The molecule has 0 spiro atoms. The van der Waals surface area contributed by atoms with E-state index < -0.39 is 10.8 Å². The lowest BCUT2D eigenvalue weighted by atomic mass is 10.2. The van der Waals surface area contributed by atoms with Gasteiger partial charge in [0.1, 0.15) is 17.2 Å². The Balaban J connectivity index is 2.13. The van der Waals surface area contributed by atoms with Crippen LogP contribution in [-0.2, 0) is 6.54 Å². The second kappa shape index (κ2) is 6.23. The zero-order chi connectivity index (χ0) is 15.4. The zero-order valence-electron chi connectivity index (χ0n) is 10.9. The van der Waals surface area contributed by atoms with Gasteiger partial charge in [-0.1, -0.05) is 11.6 Å². The van der Waals surface area contributed by atoms with Crippen molar-refractivity contribution in [3.05, 3.63) is 56.9 Å². The van der Waals surface area contributed by atoms with Crippen LogP contribution in [0.4, 0.5) is 5.69 Å². The maximum atomic E-state index is 12.0. The first-order chi connectivity index (χ1) is 9.97. The molecule has 0 saturated heterocycles. The summed E-state index contributed by atoms with van der Waals surface area (Å²) in [5.41, 5.74) is 0.254. The molecule has 8 nitrogen and oxygen atoms in total. The minimum atomic E-state index is -0.645. The Hall–Kier alpha value is -2.61. The van der Waals surface area contributed by atoms with Crippen molar-refractivity contribution in [1.82, 2.24) is 20.3 Å². The molecule has 0 aliphatic carbocycles. The maximum absolute atomic E-state index is 12.0. The quantitative estimate of drug-likeness (QED) is 0.522. The van der Waals surface area contributed by atoms with Gasteiger partial charge in [-0.25, -0.2) is 15.0 Å². The number of carbonyl (C=O) groups excluding carboxylic acids is 1. The Morgan fingerprint density at radius 2 is 2.24 bits per heavy atom. The molecule has 0 aromatic carbocycles. The molecule has 0 radical (unpaired) electrons. The smallest absolute Gasteiger partial charge is 0.288 e. The standard InChI is InChI=1S/C12H10ClN5O3/c1-7-14-3-2-8(17-7)5-16-12(19)10-4-9(18(20)21)6-15-11(10)13/h2-4,6H,5H2,1H3,(H,16,19). The van der Waals surface area contributed by atoms with Crippen molar-refractivity contribution < 1.29 is 9.72 Å². The van der Waals surface area contributed by atoms with E-state index in [1.165, 1.54) is 0 Å². The van der Waals surface area contributed by atoms with Crippen molar-refractivity contribution in [3.8, 4) is 0 Å². The summed E-state index contributed by atoms with van der Waals surface area (Å²) in [6, 6.07) is 2.73. The molecule has 0 unspecified atom stereocenters. The summed E-state index contributed by atoms with van der Waals surface area (Å²) in [5.74, 6) is 0.0178. The summed E-state index contributed by atoms with van der Waals surface area (Å²) in [5, 5.41) is 13.2. The number of nitrogens with zero attached hydrogens (tertiary/aromatic N) is 4. The van der Waals surface area contributed by atoms with Gasteiger partial charge in [0.15, 0.2) is 0 Å². The lowest BCUT2D eigenvalue weighted by Gasteiger charge is -2.06. The number of halogens is 1. The zero-order valence-corrected chi connectivity index (χ0v) is 11.7. The SMILES string of the molecule is Cc1nccc(CNC(=O)c2cc([N+](=O)[O-])cnc2Cl)n1. The highest BCUT2D eigenvalue weighted by Gasteiger charge is 2.17. The number of hydrogen-bond donors (Lipinski definition) is 1. The summed E-state index contributed by atoms with van der Waals surface area (Å²) in [7, 11) is 0. The summed E-state index contributed by atoms with van der Waals surface area (Å²) in [4.78, 5) is 33.7. The third-order valence-electron chi connectivity index (χ3n) is 2.54. The van der Waals surface area contributed by atoms with E-state index in [4.69, 9.17) is 11.6 Å². The number of aryl methyl sites for hydroxylation is 1. The van der Waals surface area contributed by atoms with E-state index in [1.807, 2.05) is 0 Å². The highest BCUT2D eigenvalue weighted by molar-refractivity contribution is 6.32. The van der Waals surface area contributed by atoms with Gasteiger partial charge < -0.3 is 5.32 Å². The van der Waals surface area contributed by atoms with Crippen LogP contribution in [0.5, 0.6) is 0 Å². The fourth-order valence-electron chi connectivity index (χ4n) is 1.57. The van der Waals surface area contributed by atoms with Gasteiger partial charge in [-0.2, -0.15) is 0 Å². The molecule has 0 aliphatic heterocycles. The average Bonchev–Trinajstić information content (AvgIpc) is 2.45. The third-order valence-corrected chi connectivity index (χ3v) is 2.85. The van der Waals surface area contributed by atoms with E-state index >= 15 is 0 Å². The van der Waals surface area contributed by atoms with Crippen molar-refractivity contribution in [1.29, 1.82) is 0 Å². The van der Waals surface area contributed by atoms with Crippen LogP contribution < -0.4 is 5.32 Å². The van der Waals surface area contributed by atoms with E-state index in [-0.39, 0.29) is 22.9 Å². The lowest BCUT2D eigenvalue weighted by molar-refractivity contribution is -0.385. The highest BCUT2D eigenvalue weighted by Crippen LogP contribution is 2.18. The molecule has 2 aromatic heterocycles. The first kappa shape index (κ1) is 14.8. The van der Waals surface area contributed by atoms with Gasteiger partial charge in [0.25, 0.3) is 11.6 Å². The Morgan fingerprint density at radius 1 is 1.48 bits per heavy atom. The fourth-order valence-corrected chi connectivity index (χ4v) is 1.75. The topological polar surface area (TPSA) is 111 Å². The van der Waals surface area contributed by atoms with Gasteiger partial charge in [-0.05, 0) is 13.0 Å². The highest BCUT2D eigenvalue weighted by atomic mass is 35.5. The van der Waals surface area contributed by atoms with Crippen LogP contribution in [0, 0.1) is 17.0 Å². The molecule has 9 heteroatoms. The number of hydrogen-bond acceptors (Lipinski definition) is 6. The number of nitro groups is 1. The molecule has 0 bridgehead atoms. The van der Waals surface area contributed by atoms with Crippen molar-refractivity contribution >= 4 is 23.2 Å². The van der Waals surface area contributed by atoms with Crippen molar-refractivity contribution in [3.63, 3.8) is 0 Å². The van der Waals surface area contributed by atoms with E-state index in [1.54, 1.807) is 19.2 Å². The number of nitrogens with one attached hydrogen (secondary N) is 1. The molecule has 108 valence electrons. The van der Waals surface area contributed by atoms with Gasteiger partial charge in [-0.15, -0.1) is 0 Å². The predicted molar refractivity (Wildman–Crippen MR) is 73.8 cm³/mol. The Bertz CT molecular complexity index is 707. The summed E-state index contributed by atoms with van der Waals surface area (Å²) < 4.78 is 0. The number of rotatable bonds is 4. The molecular formula is C12H10ClN5O3. The molecule has 2 heterocycles. The molecule has 0 atom stereocenters. The minimum absolute atomic E-state index is 0.0587. The van der Waals surface area contributed by atoms with Crippen LogP contribution >= 0.6 is 11.6 Å². The molecule has 1 N–H and O–H groups in total. The summed E-state index contributed by atoms with van der Waals surface area (Å²) >= 11 is 5.78. The lowest BCUT2D eigenvalue weighted by Crippen LogP contribution is -2.24. The van der Waals surface area contributed by atoms with Crippen LogP contribution in [0.3, 0.4) is 0 Å². The molecule has 1 amide bonds. The van der Waals surface area contributed by atoms with E-state index in [0.29, 0.717) is 11.5 Å². The Morgan fingerprint density at radius 3 is 2.90 bits per heavy atom. The number of aromatic nitrogens is 3. The number of amides is 1. The second-order valence-corrected chi connectivity index (χ2v) is 4.42. The number of pyridine rings is 1. The van der Waals surface area contributed by atoms with Crippen LogP contribution in [0.1, 0.15) is 21.9 Å². The molecule has 2 rings (SSSR count). The van der Waals surface area contributed by atoms with Gasteiger partial charge in [0, 0.05) is 12.3 Å². The maximum Gasteiger partial charge on any atom is 0.288 e. The van der Waals surface area contributed by atoms with Gasteiger partial charge in [0.2, 0.25) is 0 Å². The van der Waals surface area contributed by atoms with Crippen molar-refractivity contribution in [2.24, 2.45) is 0 Å². The van der Waals surface area contributed by atoms with E-state index in [9.17, 15) is 14.9 Å². The van der Waals surface area contributed by atoms with Gasteiger partial charge >= 0.3 is 0 Å². The minimum Gasteiger partial charge on any atom is -0.346 e. The van der Waals surface area contributed by atoms with Crippen molar-refractivity contribution in [2.75, 3.05) is 0 Å². The molecular weight excluding hydrogens is 298 g/mol. The summed E-state index contributed by atoms with van der Waals surface area (Å²) in [6.45, 7) is 1.88. The van der Waals surface area contributed by atoms with E-state index in [2.05, 4.69) is 20.3 Å². The molecule has 21 heavy (non-hydrogen) atoms. The van der Waals surface area contributed by atoms with Crippen LogP contribution in [0.25, 0.3) is 0 Å². The number of carbonyl (C=O) groups is 1. The molecule has 0 aliphatic rings. The van der Waals surface area contributed by atoms with Crippen LogP contribution in [-0.4, -0.2) is 25.8 Å². The average molecular weight is 308 g/mol. The molecule has 2 aromatic rings. The van der Waals surface area contributed by atoms with Crippen LogP contribution in [0.2, 0.25) is 5.15 Å². The normalized spacial score (nSPS) is 10.2. The largest absolute Gasteiger partial charge is 0.346 e. The predicted octanol–water partition coefficient (Wildman–Crippen LogP) is 1.67.